The number of rotatable bonds is 8. The fourth-order valence-corrected chi connectivity index (χ4v) is 12.5. The second-order valence-electron chi connectivity index (χ2n) is 18.2. The molecule has 0 atom stereocenters. The molecule has 0 N–H and O–H groups in total. The van der Waals surface area contributed by atoms with Gasteiger partial charge in [0.15, 0.2) is 0 Å². The van der Waals surface area contributed by atoms with Crippen molar-refractivity contribution in [1.82, 2.24) is 4.57 Å². The molecule has 0 radical (unpaired) electrons. The second-order valence-corrected chi connectivity index (χ2v) is 19.3. The van der Waals surface area contributed by atoms with Crippen LogP contribution in [0.1, 0.15) is 43.6 Å². The largest absolute Gasteiger partial charge is 0.309 e. The van der Waals surface area contributed by atoms with E-state index in [2.05, 4.69) is 234 Å². The van der Waals surface area contributed by atoms with Crippen LogP contribution in [0.5, 0.6) is 0 Å². The Balaban J connectivity index is 1.01. The second kappa shape index (κ2) is 16.6. The van der Waals surface area contributed by atoms with Crippen LogP contribution in [0.25, 0.3) is 91.8 Å². The summed E-state index contributed by atoms with van der Waals surface area (Å²) in [6.07, 6.45) is 6.46. The Morgan fingerprint density at radius 1 is 0.403 bits per heavy atom. The lowest BCUT2D eigenvalue weighted by molar-refractivity contribution is 0.445. The predicted octanol–water partition coefficient (Wildman–Crippen LogP) is 18.8. The van der Waals surface area contributed by atoms with Gasteiger partial charge in [0.2, 0.25) is 0 Å². The molecule has 1 aliphatic rings. The monoisotopic (exact) mass is 876 g/mol. The van der Waals surface area contributed by atoms with E-state index < -0.39 is 0 Å². The van der Waals surface area contributed by atoms with E-state index in [0.29, 0.717) is 5.92 Å². The summed E-state index contributed by atoms with van der Waals surface area (Å²) in [5, 5.41) is 7.84. The van der Waals surface area contributed by atoms with Crippen LogP contribution in [-0.4, -0.2) is 4.57 Å². The molecule has 2 heterocycles. The van der Waals surface area contributed by atoms with Crippen LogP contribution in [0, 0.1) is 0 Å². The zero-order chi connectivity index (χ0) is 44.3. The van der Waals surface area contributed by atoms with Gasteiger partial charge in [-0.15, -0.1) is 11.3 Å². The first-order valence-electron chi connectivity index (χ1n) is 23.9. The van der Waals surface area contributed by atoms with Crippen molar-refractivity contribution in [1.29, 1.82) is 0 Å². The third-order valence-corrected chi connectivity index (χ3v) is 15.5. The minimum absolute atomic E-state index is 0.574. The van der Waals surface area contributed by atoms with Gasteiger partial charge in [0.05, 0.1) is 22.4 Å². The van der Waals surface area contributed by atoms with Crippen molar-refractivity contribution in [2.45, 2.75) is 38.0 Å². The first-order valence-corrected chi connectivity index (χ1v) is 24.7. The fourth-order valence-electron chi connectivity index (χ4n) is 11.4. The molecule has 1 aliphatic carbocycles. The Morgan fingerprint density at radius 2 is 0.985 bits per heavy atom. The van der Waals surface area contributed by atoms with Crippen LogP contribution in [-0.2, 0) is 0 Å². The van der Waals surface area contributed by atoms with Crippen molar-refractivity contribution in [3.63, 3.8) is 0 Å². The Kier molecular flexibility index (Phi) is 9.83. The van der Waals surface area contributed by atoms with Crippen LogP contribution in [0.2, 0.25) is 0 Å². The maximum Gasteiger partial charge on any atom is 0.0541 e. The Labute approximate surface area is 395 Å². The molecule has 10 aromatic carbocycles. The van der Waals surface area contributed by atoms with E-state index >= 15 is 0 Å². The Hall–Kier alpha value is -7.72. The lowest BCUT2D eigenvalue weighted by Gasteiger charge is -2.31. The minimum atomic E-state index is 0.574. The molecule has 0 aliphatic heterocycles. The first kappa shape index (κ1) is 39.6. The number of para-hydroxylation sites is 4. The normalized spacial score (nSPS) is 13.3. The number of thiophene rings is 1. The molecular weight excluding hydrogens is 829 g/mol. The number of anilines is 3. The van der Waals surface area contributed by atoms with Gasteiger partial charge in [0.1, 0.15) is 0 Å². The summed E-state index contributed by atoms with van der Waals surface area (Å²) in [5.74, 6) is 0.574. The van der Waals surface area contributed by atoms with E-state index in [-0.39, 0.29) is 0 Å². The SMILES string of the molecule is c1ccc(-n2c3ccccc3c3cc(-c4ccc(N(c5ccccc5-c5cccc6cccc(C7CCCCC7)c56)c5ccccc5-c5cccc6sc7ccccc7c56)cc4)ccc32)cc1. The average molecular weight is 877 g/mol. The summed E-state index contributed by atoms with van der Waals surface area (Å²) in [4.78, 5) is 2.53. The number of fused-ring (bicyclic) bond motifs is 7. The van der Waals surface area contributed by atoms with Crippen LogP contribution in [0.4, 0.5) is 17.1 Å². The third kappa shape index (κ3) is 6.76. The number of nitrogens with zero attached hydrogens (tertiary/aromatic N) is 2. The summed E-state index contributed by atoms with van der Waals surface area (Å²) < 4.78 is 5.00. The molecule has 0 saturated heterocycles. The highest BCUT2D eigenvalue weighted by Crippen LogP contribution is 2.50. The van der Waals surface area contributed by atoms with Crippen molar-refractivity contribution in [3.8, 4) is 39.1 Å². The van der Waals surface area contributed by atoms with Crippen molar-refractivity contribution >= 4 is 81.1 Å². The van der Waals surface area contributed by atoms with Crippen molar-refractivity contribution < 1.29 is 0 Å². The molecule has 1 fully saturated rings. The van der Waals surface area contributed by atoms with Crippen LogP contribution in [0.3, 0.4) is 0 Å². The highest BCUT2D eigenvalue weighted by molar-refractivity contribution is 7.25. The molecule has 0 unspecified atom stereocenters. The standard InChI is InChI=1S/C64H48N2S/c1-3-18-44(19-4-1)49-28-15-20-45-21-16-29-53(63(45)49)50-24-7-11-31-57(50)66(58-32-12-8-25-51(58)54-30-17-35-62-64(54)55-27-10-14-34-61(55)67-62)48-39-36-43(37-40-48)46-38-41-60-56(42-46)52-26-9-13-33-59(52)65(60)47-22-5-2-6-23-47/h2,5-17,20-42,44H,1,3-4,18-19H2. The average Bonchev–Trinajstić information content (AvgIpc) is 3.95. The molecule has 2 nitrogen and oxygen atoms in total. The highest BCUT2D eigenvalue weighted by atomic mass is 32.1. The Morgan fingerprint density at radius 3 is 1.76 bits per heavy atom. The van der Waals surface area contributed by atoms with Gasteiger partial charge in [-0.3, -0.25) is 0 Å². The van der Waals surface area contributed by atoms with Crippen LogP contribution < -0.4 is 4.90 Å². The van der Waals surface area contributed by atoms with Gasteiger partial charge in [-0.25, -0.2) is 0 Å². The first-order chi connectivity index (χ1) is 33.3. The van der Waals surface area contributed by atoms with Crippen molar-refractivity contribution in [3.05, 3.63) is 230 Å². The van der Waals surface area contributed by atoms with Crippen LogP contribution >= 0.6 is 11.3 Å². The third-order valence-electron chi connectivity index (χ3n) is 14.4. The molecular formula is C64H48N2S. The van der Waals surface area contributed by atoms with E-state index in [1.54, 1.807) is 0 Å². The summed E-state index contributed by atoms with van der Waals surface area (Å²) in [6.45, 7) is 0. The zero-order valence-electron chi connectivity index (χ0n) is 37.3. The lowest BCUT2D eigenvalue weighted by atomic mass is 9.80. The van der Waals surface area contributed by atoms with Gasteiger partial charge >= 0.3 is 0 Å². The summed E-state index contributed by atoms with van der Waals surface area (Å²) >= 11 is 1.88. The quantitative estimate of drug-likeness (QED) is 0.148. The molecule has 0 spiro atoms. The molecule has 0 bridgehead atoms. The van der Waals surface area contributed by atoms with E-state index in [0.717, 1.165) is 17.1 Å². The highest BCUT2D eigenvalue weighted by Gasteiger charge is 2.25. The summed E-state index contributed by atoms with van der Waals surface area (Å²) in [6, 6.07) is 83.5. The van der Waals surface area contributed by atoms with Gasteiger partial charge in [-0.1, -0.05) is 177 Å². The maximum absolute atomic E-state index is 2.53. The van der Waals surface area contributed by atoms with Crippen molar-refractivity contribution in [2.24, 2.45) is 0 Å². The van der Waals surface area contributed by atoms with Crippen LogP contribution in [0.15, 0.2) is 224 Å². The number of hydrogen-bond acceptors (Lipinski definition) is 2. The molecule has 12 aromatic rings. The topological polar surface area (TPSA) is 8.17 Å². The van der Waals surface area contributed by atoms with Gasteiger partial charge in [-0.2, -0.15) is 0 Å². The zero-order valence-corrected chi connectivity index (χ0v) is 38.1. The smallest absolute Gasteiger partial charge is 0.0541 e. The van der Waals surface area contributed by atoms with Crippen molar-refractivity contribution in [2.75, 3.05) is 4.90 Å². The number of benzene rings is 10. The number of aromatic nitrogens is 1. The van der Waals surface area contributed by atoms with E-state index in [4.69, 9.17) is 0 Å². The molecule has 2 aromatic heterocycles. The summed E-state index contributed by atoms with van der Waals surface area (Å²) in [5.41, 5.74) is 15.9. The van der Waals surface area contributed by atoms with Gasteiger partial charge in [0.25, 0.3) is 0 Å². The van der Waals surface area contributed by atoms with E-state index in [1.807, 2.05) is 11.3 Å². The molecule has 13 rings (SSSR count). The molecule has 320 valence electrons. The number of hydrogen-bond donors (Lipinski definition) is 0. The molecule has 1 saturated carbocycles. The van der Waals surface area contributed by atoms with Gasteiger partial charge < -0.3 is 9.47 Å². The Bertz CT molecular complexity index is 3790. The van der Waals surface area contributed by atoms with Gasteiger partial charge in [-0.05, 0) is 124 Å². The molecule has 67 heavy (non-hydrogen) atoms. The minimum Gasteiger partial charge on any atom is -0.309 e. The lowest BCUT2D eigenvalue weighted by Crippen LogP contribution is -2.12. The molecule has 3 heteroatoms. The molecule has 0 amide bonds. The van der Waals surface area contributed by atoms with E-state index in [9.17, 15) is 0 Å². The maximum atomic E-state index is 2.53. The predicted molar refractivity (Wildman–Crippen MR) is 288 cm³/mol. The van der Waals surface area contributed by atoms with Gasteiger partial charge in [0, 0.05) is 53.4 Å². The van der Waals surface area contributed by atoms with E-state index in [1.165, 1.54) is 129 Å². The fraction of sp³-hybridized carbons (Fsp3) is 0.0938. The summed E-state index contributed by atoms with van der Waals surface area (Å²) in [7, 11) is 0.